The van der Waals surface area contributed by atoms with E-state index in [9.17, 15) is 9.59 Å². The van der Waals surface area contributed by atoms with Crippen molar-refractivity contribution in [1.29, 1.82) is 0 Å². The van der Waals surface area contributed by atoms with Crippen molar-refractivity contribution < 1.29 is 14.0 Å². The van der Waals surface area contributed by atoms with Gasteiger partial charge in [-0.15, -0.1) is 0 Å². The van der Waals surface area contributed by atoms with Gasteiger partial charge in [-0.1, -0.05) is 45.0 Å². The highest BCUT2D eigenvalue weighted by molar-refractivity contribution is 5.91. The van der Waals surface area contributed by atoms with E-state index >= 15 is 0 Å². The molecular formula is C21H28N2O3. The molecular weight excluding hydrogens is 328 g/mol. The average molecular weight is 356 g/mol. The molecule has 2 rings (SSSR count). The normalized spacial score (nSPS) is 12.0. The van der Waals surface area contributed by atoms with E-state index < -0.39 is 0 Å². The summed E-state index contributed by atoms with van der Waals surface area (Å²) in [4.78, 5) is 24.0. The predicted molar refractivity (Wildman–Crippen MR) is 102 cm³/mol. The van der Waals surface area contributed by atoms with Gasteiger partial charge in [0.05, 0.1) is 12.3 Å². The van der Waals surface area contributed by atoms with Gasteiger partial charge in [0, 0.05) is 13.0 Å². The maximum atomic E-state index is 12.3. The second-order valence-electron chi connectivity index (χ2n) is 6.72. The fraction of sp³-hybridized carbons (Fsp3) is 0.429. The molecule has 1 atom stereocenters. The summed E-state index contributed by atoms with van der Waals surface area (Å²) in [5.41, 5.74) is 2.41. The summed E-state index contributed by atoms with van der Waals surface area (Å²) in [6.07, 6.45) is 3.41. The highest BCUT2D eigenvalue weighted by Crippen LogP contribution is 2.22. The van der Waals surface area contributed by atoms with Gasteiger partial charge < -0.3 is 15.1 Å². The van der Waals surface area contributed by atoms with Crippen molar-refractivity contribution in [3.8, 4) is 0 Å². The lowest BCUT2D eigenvalue weighted by Crippen LogP contribution is -2.32. The number of carbonyl (C=O) groups excluding carboxylic acids is 2. The van der Waals surface area contributed by atoms with Gasteiger partial charge in [-0.05, 0) is 42.0 Å². The van der Waals surface area contributed by atoms with Gasteiger partial charge in [0.1, 0.15) is 0 Å². The molecule has 0 aliphatic heterocycles. The number of carbonyl (C=O) groups is 2. The van der Waals surface area contributed by atoms with Gasteiger partial charge in [-0.3, -0.25) is 9.59 Å². The van der Waals surface area contributed by atoms with Crippen LogP contribution in [0.25, 0.3) is 0 Å². The summed E-state index contributed by atoms with van der Waals surface area (Å²) in [5, 5.41) is 5.86. The van der Waals surface area contributed by atoms with E-state index in [1.54, 1.807) is 12.1 Å². The maximum absolute atomic E-state index is 12.3. The molecule has 0 saturated carbocycles. The third-order valence-electron chi connectivity index (χ3n) is 4.34. The second-order valence-corrected chi connectivity index (χ2v) is 6.72. The molecule has 0 spiro atoms. The SMILES string of the molecule is CCc1ccc(C(NC(=O)CCCNC(=O)c2ccco2)C(C)C)cc1. The molecule has 5 heteroatoms. The van der Waals surface area contributed by atoms with E-state index in [-0.39, 0.29) is 23.6 Å². The van der Waals surface area contributed by atoms with Crippen LogP contribution in [0, 0.1) is 5.92 Å². The summed E-state index contributed by atoms with van der Waals surface area (Å²) in [7, 11) is 0. The molecule has 1 unspecified atom stereocenters. The zero-order chi connectivity index (χ0) is 18.9. The van der Waals surface area contributed by atoms with Crippen molar-refractivity contribution >= 4 is 11.8 Å². The fourth-order valence-corrected chi connectivity index (χ4v) is 2.79. The van der Waals surface area contributed by atoms with E-state index in [1.807, 2.05) is 0 Å². The number of amides is 2. The molecule has 1 aromatic carbocycles. The van der Waals surface area contributed by atoms with Crippen molar-refractivity contribution in [2.75, 3.05) is 6.54 Å². The molecule has 5 nitrogen and oxygen atoms in total. The molecule has 0 fully saturated rings. The van der Waals surface area contributed by atoms with Crippen molar-refractivity contribution in [3.63, 3.8) is 0 Å². The lowest BCUT2D eigenvalue weighted by molar-refractivity contribution is -0.122. The second kappa shape index (κ2) is 9.80. The Morgan fingerprint density at radius 3 is 2.42 bits per heavy atom. The molecule has 0 aliphatic carbocycles. The van der Waals surface area contributed by atoms with Crippen LogP contribution in [-0.4, -0.2) is 18.4 Å². The zero-order valence-electron chi connectivity index (χ0n) is 15.7. The number of rotatable bonds is 9. The molecule has 1 heterocycles. The van der Waals surface area contributed by atoms with Crippen LogP contribution in [0.4, 0.5) is 0 Å². The highest BCUT2D eigenvalue weighted by Gasteiger charge is 2.18. The van der Waals surface area contributed by atoms with Gasteiger partial charge in [0.25, 0.3) is 5.91 Å². The van der Waals surface area contributed by atoms with Crippen molar-refractivity contribution in [2.45, 2.75) is 46.1 Å². The van der Waals surface area contributed by atoms with Crippen LogP contribution in [0.3, 0.4) is 0 Å². The lowest BCUT2D eigenvalue weighted by atomic mass is 9.94. The summed E-state index contributed by atoms with van der Waals surface area (Å²) < 4.78 is 5.03. The molecule has 0 bridgehead atoms. The Kier molecular flexibility index (Phi) is 7.45. The first-order valence-corrected chi connectivity index (χ1v) is 9.21. The molecule has 0 aliphatic rings. The number of benzene rings is 1. The van der Waals surface area contributed by atoms with Gasteiger partial charge in [0.15, 0.2) is 5.76 Å². The minimum atomic E-state index is -0.258. The number of hydrogen-bond donors (Lipinski definition) is 2. The molecule has 0 radical (unpaired) electrons. The van der Waals surface area contributed by atoms with Gasteiger partial charge in [0.2, 0.25) is 5.91 Å². The summed E-state index contributed by atoms with van der Waals surface area (Å²) in [6.45, 7) is 6.76. The predicted octanol–water partition coefficient (Wildman–Crippen LogP) is 3.87. The Hall–Kier alpha value is -2.56. The first-order valence-electron chi connectivity index (χ1n) is 9.21. The third kappa shape index (κ3) is 5.76. The molecule has 140 valence electrons. The van der Waals surface area contributed by atoms with Crippen molar-refractivity contribution in [1.82, 2.24) is 10.6 Å². The van der Waals surface area contributed by atoms with Gasteiger partial charge in [-0.25, -0.2) is 0 Å². The van der Waals surface area contributed by atoms with Crippen molar-refractivity contribution in [2.24, 2.45) is 5.92 Å². The summed E-state index contributed by atoms with van der Waals surface area (Å²) in [5.74, 6) is 0.317. The topological polar surface area (TPSA) is 71.3 Å². The minimum absolute atomic E-state index is 0.00415. The smallest absolute Gasteiger partial charge is 0.286 e. The molecule has 2 aromatic rings. The first-order chi connectivity index (χ1) is 12.5. The third-order valence-corrected chi connectivity index (χ3v) is 4.34. The Morgan fingerprint density at radius 2 is 1.85 bits per heavy atom. The molecule has 1 aromatic heterocycles. The van der Waals surface area contributed by atoms with Crippen LogP contribution in [0.15, 0.2) is 47.1 Å². The molecule has 2 amide bonds. The van der Waals surface area contributed by atoms with Crippen LogP contribution < -0.4 is 10.6 Å². The van der Waals surface area contributed by atoms with Crippen molar-refractivity contribution in [3.05, 3.63) is 59.5 Å². The Balaban J connectivity index is 1.79. The maximum Gasteiger partial charge on any atom is 0.286 e. The fourth-order valence-electron chi connectivity index (χ4n) is 2.79. The molecule has 2 N–H and O–H groups in total. The average Bonchev–Trinajstić information content (AvgIpc) is 3.18. The number of aryl methyl sites for hydroxylation is 1. The van der Waals surface area contributed by atoms with E-state index in [2.05, 4.69) is 55.7 Å². The van der Waals surface area contributed by atoms with Crippen LogP contribution in [0.5, 0.6) is 0 Å². The van der Waals surface area contributed by atoms with Crippen LogP contribution >= 0.6 is 0 Å². The summed E-state index contributed by atoms with van der Waals surface area (Å²) in [6, 6.07) is 11.7. The van der Waals surface area contributed by atoms with E-state index in [0.29, 0.717) is 25.3 Å². The Morgan fingerprint density at radius 1 is 1.12 bits per heavy atom. The van der Waals surface area contributed by atoms with Crippen LogP contribution in [0.2, 0.25) is 0 Å². The Labute approximate surface area is 155 Å². The first kappa shape index (κ1) is 19.8. The minimum Gasteiger partial charge on any atom is -0.459 e. The molecule has 26 heavy (non-hydrogen) atoms. The number of furan rings is 1. The van der Waals surface area contributed by atoms with E-state index in [1.165, 1.54) is 11.8 Å². The molecule has 0 saturated heterocycles. The van der Waals surface area contributed by atoms with Gasteiger partial charge in [-0.2, -0.15) is 0 Å². The largest absolute Gasteiger partial charge is 0.459 e. The van der Waals surface area contributed by atoms with Gasteiger partial charge >= 0.3 is 0 Å². The van der Waals surface area contributed by atoms with Crippen LogP contribution in [-0.2, 0) is 11.2 Å². The quantitative estimate of drug-likeness (QED) is 0.670. The van der Waals surface area contributed by atoms with E-state index in [4.69, 9.17) is 4.42 Å². The number of hydrogen-bond acceptors (Lipinski definition) is 3. The monoisotopic (exact) mass is 356 g/mol. The summed E-state index contributed by atoms with van der Waals surface area (Å²) >= 11 is 0. The zero-order valence-corrected chi connectivity index (χ0v) is 15.7. The number of nitrogens with one attached hydrogen (secondary N) is 2. The highest BCUT2D eigenvalue weighted by atomic mass is 16.3. The standard InChI is InChI=1S/C21H28N2O3/c1-4-16-9-11-17(12-10-16)20(15(2)3)23-19(24)8-5-13-22-21(25)18-7-6-14-26-18/h6-7,9-12,14-15,20H,4-5,8,13H2,1-3H3,(H,22,25)(H,23,24). The lowest BCUT2D eigenvalue weighted by Gasteiger charge is -2.23. The van der Waals surface area contributed by atoms with E-state index in [0.717, 1.165) is 12.0 Å². The van der Waals surface area contributed by atoms with Crippen LogP contribution in [0.1, 0.15) is 61.3 Å². The Bertz CT molecular complexity index is 691.